The van der Waals surface area contributed by atoms with Crippen LogP contribution in [0.25, 0.3) is 0 Å². The Hall–Kier alpha value is -0.650. The number of likely N-dealkylation sites (N-methyl/N-ethyl adjacent to an activating group) is 1. The zero-order valence-corrected chi connectivity index (χ0v) is 11.3. The Morgan fingerprint density at radius 2 is 2.00 bits per heavy atom. The van der Waals surface area contributed by atoms with E-state index in [1.54, 1.807) is 0 Å². The van der Waals surface area contributed by atoms with E-state index in [0.29, 0.717) is 13.2 Å². The van der Waals surface area contributed by atoms with Gasteiger partial charge < -0.3 is 20.1 Å². The summed E-state index contributed by atoms with van der Waals surface area (Å²) in [4.78, 5) is 12.3. The maximum absolute atomic E-state index is 12.3. The van der Waals surface area contributed by atoms with Crippen molar-refractivity contribution in [3.8, 4) is 0 Å². The molecule has 0 saturated carbocycles. The molecule has 2 saturated heterocycles. The minimum atomic E-state index is -0.116. The number of ether oxygens (including phenoxy) is 2. The fraction of sp³-hybridized carbons (Fsp3) is 0.923. The Morgan fingerprint density at radius 1 is 1.28 bits per heavy atom. The van der Waals surface area contributed by atoms with Gasteiger partial charge in [0.05, 0.1) is 19.1 Å². The third kappa shape index (κ3) is 3.22. The summed E-state index contributed by atoms with van der Waals surface area (Å²) in [6.45, 7) is 7.63. The Labute approximate surface area is 109 Å². The number of carbonyl (C=O) groups excluding carboxylic acids is 1. The first kappa shape index (κ1) is 13.8. The average Bonchev–Trinajstić information content (AvgIpc) is 2.78. The van der Waals surface area contributed by atoms with Crippen LogP contribution in [0.2, 0.25) is 0 Å². The lowest BCUT2D eigenvalue weighted by molar-refractivity contribution is -0.128. The highest BCUT2D eigenvalue weighted by atomic mass is 16.5. The molecule has 0 spiro atoms. The van der Waals surface area contributed by atoms with Gasteiger partial charge in [-0.3, -0.25) is 4.79 Å². The van der Waals surface area contributed by atoms with E-state index in [-0.39, 0.29) is 23.4 Å². The molecule has 104 valence electrons. The van der Waals surface area contributed by atoms with Crippen molar-refractivity contribution in [2.24, 2.45) is 5.92 Å². The van der Waals surface area contributed by atoms with Gasteiger partial charge in [-0.25, -0.2) is 0 Å². The van der Waals surface area contributed by atoms with Gasteiger partial charge in [0.25, 0.3) is 0 Å². The molecule has 1 amide bonds. The summed E-state index contributed by atoms with van der Waals surface area (Å²) in [5.41, 5.74) is -0.116. The number of amides is 1. The van der Waals surface area contributed by atoms with Crippen molar-refractivity contribution in [3.63, 3.8) is 0 Å². The summed E-state index contributed by atoms with van der Waals surface area (Å²) < 4.78 is 10.8. The van der Waals surface area contributed by atoms with E-state index in [9.17, 15) is 4.79 Å². The molecule has 5 heteroatoms. The molecular formula is C13H24N2O3. The second-order valence-corrected chi connectivity index (χ2v) is 5.47. The third-order valence-electron chi connectivity index (χ3n) is 3.90. The second-order valence-electron chi connectivity index (χ2n) is 5.47. The SMILES string of the molecule is CCNC1COCC1C(=O)NC1(C)CCOCC1. The summed E-state index contributed by atoms with van der Waals surface area (Å²) >= 11 is 0. The van der Waals surface area contributed by atoms with E-state index < -0.39 is 0 Å². The minimum Gasteiger partial charge on any atom is -0.381 e. The smallest absolute Gasteiger partial charge is 0.227 e. The molecule has 0 aromatic rings. The predicted molar refractivity (Wildman–Crippen MR) is 68.4 cm³/mol. The number of rotatable bonds is 4. The zero-order valence-electron chi connectivity index (χ0n) is 11.3. The van der Waals surface area contributed by atoms with E-state index in [1.807, 2.05) is 6.92 Å². The van der Waals surface area contributed by atoms with Crippen LogP contribution in [0.5, 0.6) is 0 Å². The van der Waals surface area contributed by atoms with Crippen molar-refractivity contribution in [2.45, 2.75) is 38.3 Å². The van der Waals surface area contributed by atoms with Crippen LogP contribution in [0.4, 0.5) is 0 Å². The van der Waals surface area contributed by atoms with E-state index in [4.69, 9.17) is 9.47 Å². The molecule has 0 bridgehead atoms. The fourth-order valence-electron chi connectivity index (χ4n) is 2.61. The van der Waals surface area contributed by atoms with Gasteiger partial charge in [-0.1, -0.05) is 6.92 Å². The number of carbonyl (C=O) groups is 1. The highest BCUT2D eigenvalue weighted by Crippen LogP contribution is 2.22. The molecule has 0 radical (unpaired) electrons. The van der Waals surface area contributed by atoms with Gasteiger partial charge in [0.15, 0.2) is 0 Å². The van der Waals surface area contributed by atoms with E-state index in [0.717, 1.165) is 32.6 Å². The quantitative estimate of drug-likeness (QED) is 0.759. The van der Waals surface area contributed by atoms with Gasteiger partial charge in [0.2, 0.25) is 5.91 Å². The largest absolute Gasteiger partial charge is 0.381 e. The Morgan fingerprint density at radius 3 is 2.67 bits per heavy atom. The summed E-state index contributed by atoms with van der Waals surface area (Å²) in [6.07, 6.45) is 1.77. The molecule has 18 heavy (non-hydrogen) atoms. The third-order valence-corrected chi connectivity index (χ3v) is 3.90. The molecule has 0 aliphatic carbocycles. The van der Waals surface area contributed by atoms with Crippen LogP contribution in [-0.4, -0.2) is 50.5 Å². The standard InChI is InChI=1S/C13H24N2O3/c1-3-14-11-9-18-8-10(11)12(16)15-13(2)4-6-17-7-5-13/h10-11,14H,3-9H2,1-2H3,(H,15,16). The highest BCUT2D eigenvalue weighted by Gasteiger charge is 2.37. The second kappa shape index (κ2) is 5.99. The van der Waals surface area contributed by atoms with E-state index in [1.165, 1.54) is 0 Å². The fourth-order valence-corrected chi connectivity index (χ4v) is 2.61. The van der Waals surface area contributed by atoms with Gasteiger partial charge in [-0.05, 0) is 26.3 Å². The molecule has 2 N–H and O–H groups in total. The maximum Gasteiger partial charge on any atom is 0.227 e. The molecule has 0 aromatic heterocycles. The zero-order chi connectivity index (χ0) is 13.0. The molecule has 0 aromatic carbocycles. The lowest BCUT2D eigenvalue weighted by atomic mass is 9.91. The van der Waals surface area contributed by atoms with Gasteiger partial charge in [0, 0.05) is 24.8 Å². The van der Waals surface area contributed by atoms with Crippen molar-refractivity contribution in [1.82, 2.24) is 10.6 Å². The van der Waals surface area contributed by atoms with Crippen LogP contribution in [-0.2, 0) is 14.3 Å². The van der Waals surface area contributed by atoms with Crippen molar-refractivity contribution >= 4 is 5.91 Å². The van der Waals surface area contributed by atoms with Gasteiger partial charge in [0.1, 0.15) is 0 Å². The number of nitrogens with one attached hydrogen (secondary N) is 2. The van der Waals surface area contributed by atoms with Crippen molar-refractivity contribution in [3.05, 3.63) is 0 Å². The van der Waals surface area contributed by atoms with Crippen molar-refractivity contribution < 1.29 is 14.3 Å². The molecule has 2 aliphatic heterocycles. The minimum absolute atomic E-state index is 0.0652. The average molecular weight is 256 g/mol. The Kier molecular flexibility index (Phi) is 4.59. The molecule has 2 rings (SSSR count). The number of hydrogen-bond acceptors (Lipinski definition) is 4. The monoisotopic (exact) mass is 256 g/mol. The van der Waals surface area contributed by atoms with Crippen LogP contribution in [0, 0.1) is 5.92 Å². The lowest BCUT2D eigenvalue weighted by Gasteiger charge is -2.35. The summed E-state index contributed by atoms with van der Waals surface area (Å²) in [7, 11) is 0. The Bertz CT molecular complexity index is 290. The molecule has 2 atom stereocenters. The molecule has 2 fully saturated rings. The number of hydrogen-bond donors (Lipinski definition) is 2. The first-order valence-corrected chi connectivity index (χ1v) is 6.85. The van der Waals surface area contributed by atoms with E-state index in [2.05, 4.69) is 17.6 Å². The molecule has 2 aliphatic rings. The molecule has 5 nitrogen and oxygen atoms in total. The predicted octanol–water partition coefficient (Wildman–Crippen LogP) is 0.296. The summed E-state index contributed by atoms with van der Waals surface area (Å²) in [5, 5.41) is 6.50. The van der Waals surface area contributed by atoms with Crippen LogP contribution < -0.4 is 10.6 Å². The van der Waals surface area contributed by atoms with Gasteiger partial charge in [-0.2, -0.15) is 0 Å². The molecular weight excluding hydrogens is 232 g/mol. The van der Waals surface area contributed by atoms with Crippen LogP contribution in [0.3, 0.4) is 0 Å². The molecule has 2 unspecified atom stereocenters. The Balaban J connectivity index is 1.90. The van der Waals surface area contributed by atoms with Gasteiger partial charge in [-0.15, -0.1) is 0 Å². The van der Waals surface area contributed by atoms with E-state index >= 15 is 0 Å². The van der Waals surface area contributed by atoms with Crippen LogP contribution >= 0.6 is 0 Å². The van der Waals surface area contributed by atoms with Crippen molar-refractivity contribution in [2.75, 3.05) is 33.0 Å². The first-order valence-electron chi connectivity index (χ1n) is 6.85. The van der Waals surface area contributed by atoms with Gasteiger partial charge >= 0.3 is 0 Å². The van der Waals surface area contributed by atoms with Crippen LogP contribution in [0.15, 0.2) is 0 Å². The lowest BCUT2D eigenvalue weighted by Crippen LogP contribution is -2.54. The normalized spacial score (nSPS) is 31.2. The molecule has 2 heterocycles. The topological polar surface area (TPSA) is 59.6 Å². The maximum atomic E-state index is 12.3. The highest BCUT2D eigenvalue weighted by molar-refractivity contribution is 5.80. The first-order chi connectivity index (χ1) is 8.64. The summed E-state index contributed by atoms with van der Waals surface area (Å²) in [5.74, 6) is 0.0486. The van der Waals surface area contributed by atoms with Crippen LogP contribution in [0.1, 0.15) is 26.7 Å². The summed E-state index contributed by atoms with van der Waals surface area (Å²) in [6, 6.07) is 0.151. The van der Waals surface area contributed by atoms with Crippen molar-refractivity contribution in [1.29, 1.82) is 0 Å².